The van der Waals surface area contributed by atoms with E-state index >= 15 is 0 Å². The quantitative estimate of drug-likeness (QED) is 0.711. The third-order valence-corrected chi connectivity index (χ3v) is 3.59. The summed E-state index contributed by atoms with van der Waals surface area (Å²) < 4.78 is 0. The average Bonchev–Trinajstić information content (AvgIpc) is 2.71. The van der Waals surface area contributed by atoms with Crippen LogP contribution in [0.1, 0.15) is 19.8 Å². The lowest BCUT2D eigenvalue weighted by molar-refractivity contribution is -0.135. The molecule has 17 heavy (non-hydrogen) atoms. The van der Waals surface area contributed by atoms with Gasteiger partial charge in [-0.1, -0.05) is 0 Å². The van der Waals surface area contributed by atoms with Crippen molar-refractivity contribution >= 4 is 12.0 Å². The van der Waals surface area contributed by atoms with Crippen LogP contribution >= 0.6 is 0 Å². The van der Waals surface area contributed by atoms with Gasteiger partial charge >= 0.3 is 12.0 Å². The topological polar surface area (TPSA) is 72.9 Å². The molecule has 0 aliphatic carbocycles. The SMILES string of the molecule is CC1CN2CCCC2CN1C(=O)NCC(=O)O. The second-order valence-electron chi connectivity index (χ2n) is 4.84. The van der Waals surface area contributed by atoms with Gasteiger partial charge in [-0.15, -0.1) is 0 Å². The molecule has 2 atom stereocenters. The number of urea groups is 1. The van der Waals surface area contributed by atoms with Crippen LogP contribution in [0.3, 0.4) is 0 Å². The molecule has 0 bridgehead atoms. The van der Waals surface area contributed by atoms with Crippen LogP contribution in [-0.4, -0.2) is 65.2 Å². The van der Waals surface area contributed by atoms with Gasteiger partial charge in [-0.3, -0.25) is 9.69 Å². The molecule has 0 saturated carbocycles. The molecule has 96 valence electrons. The van der Waals surface area contributed by atoms with Crippen molar-refractivity contribution in [1.82, 2.24) is 15.1 Å². The smallest absolute Gasteiger partial charge is 0.323 e. The summed E-state index contributed by atoms with van der Waals surface area (Å²) in [6, 6.07) is 0.353. The molecule has 2 fully saturated rings. The zero-order valence-corrected chi connectivity index (χ0v) is 10.1. The third-order valence-electron chi connectivity index (χ3n) is 3.59. The molecule has 0 aromatic heterocycles. The largest absolute Gasteiger partial charge is 0.480 e. The van der Waals surface area contributed by atoms with Crippen molar-refractivity contribution in [2.24, 2.45) is 0 Å². The van der Waals surface area contributed by atoms with Crippen molar-refractivity contribution in [1.29, 1.82) is 0 Å². The predicted molar refractivity (Wildman–Crippen MR) is 61.8 cm³/mol. The molecule has 2 aliphatic rings. The number of aliphatic carboxylic acids is 1. The Bertz CT molecular complexity index is 321. The molecule has 0 aromatic rings. The van der Waals surface area contributed by atoms with Gasteiger partial charge in [0, 0.05) is 25.2 Å². The number of hydrogen-bond donors (Lipinski definition) is 2. The van der Waals surface area contributed by atoms with E-state index in [1.165, 1.54) is 6.42 Å². The molecule has 2 N–H and O–H groups in total. The maximum Gasteiger partial charge on any atom is 0.323 e. The Morgan fingerprint density at radius 3 is 2.88 bits per heavy atom. The van der Waals surface area contributed by atoms with Crippen LogP contribution in [0.15, 0.2) is 0 Å². The number of amides is 2. The lowest BCUT2D eigenvalue weighted by Gasteiger charge is -2.42. The number of nitrogens with one attached hydrogen (secondary N) is 1. The zero-order chi connectivity index (χ0) is 12.4. The first-order valence-corrected chi connectivity index (χ1v) is 6.08. The van der Waals surface area contributed by atoms with Crippen LogP contribution in [0.2, 0.25) is 0 Å². The zero-order valence-electron chi connectivity index (χ0n) is 10.1. The Hall–Kier alpha value is -1.30. The van der Waals surface area contributed by atoms with Crippen LogP contribution in [0, 0.1) is 0 Å². The van der Waals surface area contributed by atoms with Gasteiger partial charge in [-0.2, -0.15) is 0 Å². The third kappa shape index (κ3) is 2.69. The van der Waals surface area contributed by atoms with Crippen molar-refractivity contribution in [2.75, 3.05) is 26.2 Å². The highest BCUT2D eigenvalue weighted by Gasteiger charge is 2.36. The maximum absolute atomic E-state index is 11.8. The molecule has 2 aliphatic heterocycles. The standard InChI is InChI=1S/C11H19N3O3/c1-8-6-13-4-2-3-9(13)7-14(8)11(17)12-5-10(15)16/h8-9H,2-7H2,1H3,(H,12,17)(H,15,16). The van der Waals surface area contributed by atoms with Crippen LogP contribution in [0.4, 0.5) is 4.79 Å². The Morgan fingerprint density at radius 1 is 1.41 bits per heavy atom. The molecule has 2 unspecified atom stereocenters. The first kappa shape index (κ1) is 12.2. The first-order chi connectivity index (χ1) is 8.08. The number of fused-ring (bicyclic) bond motifs is 1. The number of carboxylic acid groups (broad SMARTS) is 1. The number of carbonyl (C=O) groups is 2. The van der Waals surface area contributed by atoms with E-state index in [1.807, 2.05) is 6.92 Å². The van der Waals surface area contributed by atoms with Crippen LogP contribution in [-0.2, 0) is 4.79 Å². The van der Waals surface area contributed by atoms with E-state index in [4.69, 9.17) is 5.11 Å². The number of hydrogen-bond acceptors (Lipinski definition) is 3. The van der Waals surface area contributed by atoms with E-state index in [1.54, 1.807) is 4.90 Å². The monoisotopic (exact) mass is 241 g/mol. The first-order valence-electron chi connectivity index (χ1n) is 6.08. The summed E-state index contributed by atoms with van der Waals surface area (Å²) in [7, 11) is 0. The summed E-state index contributed by atoms with van der Waals surface area (Å²) in [5.74, 6) is -1.01. The van der Waals surface area contributed by atoms with Gasteiger partial charge in [0.05, 0.1) is 0 Å². The minimum absolute atomic E-state index is 0.151. The van der Waals surface area contributed by atoms with Crippen LogP contribution in [0.25, 0.3) is 0 Å². The molecule has 2 rings (SSSR count). The van der Waals surface area contributed by atoms with Gasteiger partial charge in [0.15, 0.2) is 0 Å². The maximum atomic E-state index is 11.8. The van der Waals surface area contributed by atoms with Crippen LogP contribution < -0.4 is 5.32 Å². The Balaban J connectivity index is 1.91. The van der Waals surface area contributed by atoms with Gasteiger partial charge in [0.1, 0.15) is 6.54 Å². The van der Waals surface area contributed by atoms with E-state index < -0.39 is 5.97 Å². The van der Waals surface area contributed by atoms with E-state index in [2.05, 4.69) is 10.2 Å². The second-order valence-corrected chi connectivity index (χ2v) is 4.84. The molecular weight excluding hydrogens is 222 g/mol. The summed E-state index contributed by atoms with van der Waals surface area (Å²) in [5.41, 5.74) is 0. The van der Waals surface area contributed by atoms with E-state index in [0.717, 1.165) is 19.5 Å². The summed E-state index contributed by atoms with van der Waals surface area (Å²) >= 11 is 0. The second kappa shape index (κ2) is 4.91. The van der Waals surface area contributed by atoms with E-state index in [0.29, 0.717) is 12.6 Å². The molecule has 2 heterocycles. The minimum Gasteiger partial charge on any atom is -0.480 e. The van der Waals surface area contributed by atoms with Gasteiger partial charge < -0.3 is 15.3 Å². The molecule has 0 spiro atoms. The Kier molecular flexibility index (Phi) is 3.51. The minimum atomic E-state index is -1.01. The van der Waals surface area contributed by atoms with Crippen molar-refractivity contribution < 1.29 is 14.7 Å². The lowest BCUT2D eigenvalue weighted by Crippen LogP contribution is -2.59. The van der Waals surface area contributed by atoms with Gasteiger partial charge in [0.25, 0.3) is 0 Å². The van der Waals surface area contributed by atoms with Crippen molar-refractivity contribution in [3.8, 4) is 0 Å². The van der Waals surface area contributed by atoms with Crippen LogP contribution in [0.5, 0.6) is 0 Å². The summed E-state index contributed by atoms with van der Waals surface area (Å²) in [6.07, 6.45) is 2.33. The average molecular weight is 241 g/mol. The van der Waals surface area contributed by atoms with Gasteiger partial charge in [-0.25, -0.2) is 4.79 Å². The highest BCUT2D eigenvalue weighted by atomic mass is 16.4. The summed E-state index contributed by atoms with van der Waals surface area (Å²) in [5, 5.41) is 11.0. The number of rotatable bonds is 2. The number of carboxylic acids is 1. The predicted octanol–water partition coefficient (Wildman–Crippen LogP) is -0.0509. The van der Waals surface area contributed by atoms with Crippen molar-refractivity contribution in [3.63, 3.8) is 0 Å². The Morgan fingerprint density at radius 2 is 2.18 bits per heavy atom. The fourth-order valence-electron chi connectivity index (χ4n) is 2.72. The highest BCUT2D eigenvalue weighted by molar-refractivity contribution is 5.80. The molecule has 0 radical (unpaired) electrons. The lowest BCUT2D eigenvalue weighted by atomic mass is 10.1. The number of carbonyl (C=O) groups excluding carboxylic acids is 1. The van der Waals surface area contributed by atoms with E-state index in [9.17, 15) is 9.59 Å². The van der Waals surface area contributed by atoms with Crippen molar-refractivity contribution in [3.05, 3.63) is 0 Å². The molecule has 6 heteroatoms. The normalized spacial score (nSPS) is 28.9. The van der Waals surface area contributed by atoms with E-state index in [-0.39, 0.29) is 18.6 Å². The molecular formula is C11H19N3O3. The molecule has 2 amide bonds. The summed E-state index contributed by atoms with van der Waals surface area (Å²) in [4.78, 5) is 26.4. The molecule has 6 nitrogen and oxygen atoms in total. The van der Waals surface area contributed by atoms with Gasteiger partial charge in [-0.05, 0) is 26.3 Å². The van der Waals surface area contributed by atoms with Gasteiger partial charge in [0.2, 0.25) is 0 Å². The fourth-order valence-corrected chi connectivity index (χ4v) is 2.72. The van der Waals surface area contributed by atoms with Crippen molar-refractivity contribution in [2.45, 2.75) is 31.8 Å². The molecule has 2 saturated heterocycles. The highest BCUT2D eigenvalue weighted by Crippen LogP contribution is 2.24. The number of piperazine rings is 1. The Labute approximate surface area is 101 Å². The molecule has 0 aromatic carbocycles. The fraction of sp³-hybridized carbons (Fsp3) is 0.818. The summed E-state index contributed by atoms with van der Waals surface area (Å²) in [6.45, 7) is 4.43. The number of nitrogens with zero attached hydrogens (tertiary/aromatic N) is 2.